The lowest BCUT2D eigenvalue weighted by Crippen LogP contribution is -2.25. The lowest BCUT2D eigenvalue weighted by molar-refractivity contribution is 0.123. The summed E-state index contributed by atoms with van der Waals surface area (Å²) in [6.45, 7) is 6.83. The van der Waals surface area contributed by atoms with E-state index in [-0.39, 0.29) is 5.69 Å². The van der Waals surface area contributed by atoms with Crippen molar-refractivity contribution in [2.24, 2.45) is 0 Å². The summed E-state index contributed by atoms with van der Waals surface area (Å²) in [6, 6.07) is 7.93. The average molecular weight is 262 g/mol. The second-order valence-electron chi connectivity index (χ2n) is 4.63. The van der Waals surface area contributed by atoms with Crippen molar-refractivity contribution in [3.8, 4) is 0 Å². The fourth-order valence-electron chi connectivity index (χ4n) is 2.30. The third kappa shape index (κ3) is 2.89. The van der Waals surface area contributed by atoms with Gasteiger partial charge < -0.3 is 4.74 Å². The minimum atomic E-state index is 0.0581. The predicted molar refractivity (Wildman–Crippen MR) is 77.6 cm³/mol. The molecule has 4 nitrogen and oxygen atoms in total. The van der Waals surface area contributed by atoms with Gasteiger partial charge in [0.25, 0.3) is 0 Å². The summed E-state index contributed by atoms with van der Waals surface area (Å²) in [5.74, 6) is 0. The van der Waals surface area contributed by atoms with E-state index in [1.807, 2.05) is 35.8 Å². The van der Waals surface area contributed by atoms with E-state index in [0.717, 1.165) is 30.5 Å². The Labute approximate surface area is 113 Å². The first-order valence-corrected chi connectivity index (χ1v) is 7.05. The van der Waals surface area contributed by atoms with E-state index >= 15 is 0 Å². The molecule has 1 aromatic carbocycles. The normalized spacial score (nSPS) is 11.3. The van der Waals surface area contributed by atoms with Gasteiger partial charge in [0, 0.05) is 13.2 Å². The van der Waals surface area contributed by atoms with Crippen LogP contribution in [0.4, 0.5) is 0 Å². The van der Waals surface area contributed by atoms with Crippen LogP contribution in [-0.2, 0) is 17.8 Å². The maximum atomic E-state index is 12.3. The van der Waals surface area contributed by atoms with Gasteiger partial charge in [-0.25, -0.2) is 4.79 Å². The van der Waals surface area contributed by atoms with Crippen molar-refractivity contribution < 1.29 is 4.74 Å². The highest BCUT2D eigenvalue weighted by Gasteiger charge is 2.10. The molecule has 0 saturated carbocycles. The number of nitrogens with zero attached hydrogens (tertiary/aromatic N) is 2. The maximum Gasteiger partial charge on any atom is 0.329 e. The lowest BCUT2D eigenvalue weighted by atomic mass is 10.3. The first-order valence-electron chi connectivity index (χ1n) is 7.05. The Bertz CT molecular complexity index is 583. The second kappa shape index (κ2) is 6.57. The molecule has 0 aliphatic rings. The molecule has 0 N–H and O–H groups in total. The second-order valence-corrected chi connectivity index (χ2v) is 4.63. The molecular weight excluding hydrogens is 240 g/mol. The number of benzene rings is 1. The number of para-hydroxylation sites is 2. The molecule has 1 heterocycles. The molecule has 19 heavy (non-hydrogen) atoms. The summed E-state index contributed by atoms with van der Waals surface area (Å²) in [7, 11) is 0. The van der Waals surface area contributed by atoms with E-state index in [1.54, 1.807) is 4.57 Å². The zero-order valence-electron chi connectivity index (χ0n) is 11.8. The molecule has 0 aliphatic carbocycles. The predicted octanol–water partition coefficient (Wildman–Crippen LogP) is 2.64. The molecule has 0 spiro atoms. The van der Waals surface area contributed by atoms with Gasteiger partial charge in [-0.05, 0) is 25.5 Å². The number of rotatable bonds is 7. The number of aromatic nitrogens is 2. The number of aryl methyl sites for hydroxylation is 1. The van der Waals surface area contributed by atoms with Crippen LogP contribution in [0.25, 0.3) is 11.0 Å². The zero-order chi connectivity index (χ0) is 13.7. The Morgan fingerprint density at radius 1 is 1.05 bits per heavy atom. The van der Waals surface area contributed by atoms with Crippen molar-refractivity contribution in [1.82, 2.24) is 9.13 Å². The van der Waals surface area contributed by atoms with Crippen LogP contribution < -0.4 is 5.69 Å². The fraction of sp³-hybridized carbons (Fsp3) is 0.533. The Morgan fingerprint density at radius 3 is 2.37 bits per heavy atom. The van der Waals surface area contributed by atoms with Gasteiger partial charge in [-0.15, -0.1) is 0 Å². The van der Waals surface area contributed by atoms with Crippen LogP contribution in [0.5, 0.6) is 0 Å². The third-order valence-electron chi connectivity index (χ3n) is 3.34. The Morgan fingerprint density at radius 2 is 1.74 bits per heavy atom. The molecule has 0 saturated heterocycles. The van der Waals surface area contributed by atoms with Crippen LogP contribution in [0, 0.1) is 0 Å². The molecular formula is C15H22N2O2. The molecule has 0 unspecified atom stereocenters. The van der Waals surface area contributed by atoms with E-state index in [4.69, 9.17) is 4.74 Å². The van der Waals surface area contributed by atoms with Crippen molar-refractivity contribution in [3.05, 3.63) is 34.7 Å². The third-order valence-corrected chi connectivity index (χ3v) is 3.34. The standard InChI is InChI=1S/C15H22N2O2/c1-3-5-11-19-12-10-17-14-9-7-6-8-13(14)16(4-2)15(17)18/h6-9H,3-5,10-12H2,1-2H3. The van der Waals surface area contributed by atoms with Crippen molar-refractivity contribution in [1.29, 1.82) is 0 Å². The number of hydrogen-bond donors (Lipinski definition) is 0. The van der Waals surface area contributed by atoms with Crippen LogP contribution in [0.1, 0.15) is 26.7 Å². The molecule has 0 aliphatic heterocycles. The molecule has 0 atom stereocenters. The van der Waals surface area contributed by atoms with Crippen LogP contribution >= 0.6 is 0 Å². The summed E-state index contributed by atoms with van der Waals surface area (Å²) in [5.41, 5.74) is 2.06. The van der Waals surface area contributed by atoms with Crippen molar-refractivity contribution in [2.75, 3.05) is 13.2 Å². The number of hydrogen-bond acceptors (Lipinski definition) is 2. The summed E-state index contributed by atoms with van der Waals surface area (Å²) < 4.78 is 9.17. The Hall–Kier alpha value is -1.55. The summed E-state index contributed by atoms with van der Waals surface area (Å²) >= 11 is 0. The quantitative estimate of drug-likeness (QED) is 0.719. The zero-order valence-corrected chi connectivity index (χ0v) is 11.8. The smallest absolute Gasteiger partial charge is 0.329 e. The number of ether oxygens (including phenoxy) is 1. The molecule has 2 aromatic rings. The van der Waals surface area contributed by atoms with Gasteiger partial charge in [-0.2, -0.15) is 0 Å². The highest BCUT2D eigenvalue weighted by molar-refractivity contribution is 5.75. The van der Waals surface area contributed by atoms with Gasteiger partial charge >= 0.3 is 5.69 Å². The SMILES string of the molecule is CCCCOCCn1c(=O)n(CC)c2ccccc21. The number of unbranched alkanes of at least 4 members (excludes halogenated alkanes) is 1. The van der Waals surface area contributed by atoms with Crippen LogP contribution in [0.15, 0.2) is 29.1 Å². The van der Waals surface area contributed by atoms with Gasteiger partial charge in [0.2, 0.25) is 0 Å². The average Bonchev–Trinajstić information content (AvgIpc) is 2.71. The van der Waals surface area contributed by atoms with Gasteiger partial charge in [0.05, 0.1) is 24.2 Å². The van der Waals surface area contributed by atoms with E-state index in [9.17, 15) is 4.79 Å². The monoisotopic (exact) mass is 262 g/mol. The van der Waals surface area contributed by atoms with E-state index < -0.39 is 0 Å². The minimum Gasteiger partial charge on any atom is -0.380 e. The number of imidazole rings is 1. The molecule has 0 fully saturated rings. The first-order chi connectivity index (χ1) is 9.29. The fourth-order valence-corrected chi connectivity index (χ4v) is 2.30. The molecule has 1 aromatic heterocycles. The molecule has 0 bridgehead atoms. The van der Waals surface area contributed by atoms with E-state index in [1.165, 1.54) is 0 Å². The highest BCUT2D eigenvalue weighted by Crippen LogP contribution is 2.12. The molecule has 0 radical (unpaired) electrons. The largest absolute Gasteiger partial charge is 0.380 e. The molecule has 0 amide bonds. The van der Waals surface area contributed by atoms with Gasteiger partial charge in [0.15, 0.2) is 0 Å². The molecule has 2 rings (SSSR count). The van der Waals surface area contributed by atoms with Gasteiger partial charge in [0.1, 0.15) is 0 Å². The number of fused-ring (bicyclic) bond motifs is 1. The maximum absolute atomic E-state index is 12.3. The highest BCUT2D eigenvalue weighted by atomic mass is 16.5. The topological polar surface area (TPSA) is 36.2 Å². The minimum absolute atomic E-state index is 0.0581. The summed E-state index contributed by atoms with van der Waals surface area (Å²) in [4.78, 5) is 12.3. The Kier molecular flexibility index (Phi) is 4.80. The first kappa shape index (κ1) is 13.9. The Balaban J connectivity index is 2.18. The van der Waals surface area contributed by atoms with Crippen molar-refractivity contribution in [2.45, 2.75) is 39.8 Å². The van der Waals surface area contributed by atoms with Crippen LogP contribution in [0.2, 0.25) is 0 Å². The van der Waals surface area contributed by atoms with E-state index in [0.29, 0.717) is 19.7 Å². The van der Waals surface area contributed by atoms with Crippen LogP contribution in [-0.4, -0.2) is 22.3 Å². The van der Waals surface area contributed by atoms with E-state index in [2.05, 4.69) is 6.92 Å². The van der Waals surface area contributed by atoms with Crippen molar-refractivity contribution >= 4 is 11.0 Å². The lowest BCUT2D eigenvalue weighted by Gasteiger charge is -2.04. The molecule has 4 heteroatoms. The van der Waals surface area contributed by atoms with Gasteiger partial charge in [-0.1, -0.05) is 25.5 Å². The summed E-state index contributed by atoms with van der Waals surface area (Å²) in [6.07, 6.45) is 2.21. The van der Waals surface area contributed by atoms with Crippen molar-refractivity contribution in [3.63, 3.8) is 0 Å². The summed E-state index contributed by atoms with van der Waals surface area (Å²) in [5, 5.41) is 0. The van der Waals surface area contributed by atoms with Gasteiger partial charge in [-0.3, -0.25) is 9.13 Å². The van der Waals surface area contributed by atoms with Crippen LogP contribution in [0.3, 0.4) is 0 Å². The molecule has 104 valence electrons.